The Morgan fingerprint density at radius 3 is 2.43 bits per heavy atom. The summed E-state index contributed by atoms with van der Waals surface area (Å²) in [5.41, 5.74) is 5.88. The quantitative estimate of drug-likeness (QED) is 0.380. The first kappa shape index (κ1) is 23.6. The van der Waals surface area contributed by atoms with Crippen LogP contribution in [-0.2, 0) is 23.7 Å². The van der Waals surface area contributed by atoms with Crippen molar-refractivity contribution in [2.45, 2.75) is 58.5 Å². The second-order valence-electron chi connectivity index (χ2n) is 7.20. The van der Waals surface area contributed by atoms with E-state index in [0.29, 0.717) is 18.5 Å². The standard InChI is InChI=1S/C19H31N3O6/c1-8-11-27-16(23)15-12(2)21-17(20)22(18(24)28-19(3,4)5)13(15)9-10-14(25-6)26-7/h8,13-14H,1,9-11H2,2-7H3,(H2,20,21). The monoisotopic (exact) mass is 397 g/mol. The first-order valence-electron chi connectivity index (χ1n) is 8.96. The maximum atomic E-state index is 12.8. The Hall–Kier alpha value is -2.39. The molecule has 1 aliphatic rings. The number of nitrogens with zero attached hydrogens (tertiary/aromatic N) is 2. The first-order valence-corrected chi connectivity index (χ1v) is 8.96. The van der Waals surface area contributed by atoms with E-state index in [9.17, 15) is 9.59 Å². The molecular formula is C19H31N3O6. The van der Waals surface area contributed by atoms with Crippen LogP contribution in [0.15, 0.2) is 28.9 Å². The zero-order valence-corrected chi connectivity index (χ0v) is 17.5. The highest BCUT2D eigenvalue weighted by atomic mass is 16.7. The van der Waals surface area contributed by atoms with Crippen molar-refractivity contribution in [3.05, 3.63) is 23.9 Å². The number of carbonyl (C=O) groups excluding carboxylic acids is 2. The summed E-state index contributed by atoms with van der Waals surface area (Å²) in [7, 11) is 3.02. The Bertz CT molecular complexity index is 647. The van der Waals surface area contributed by atoms with Gasteiger partial charge in [-0.05, 0) is 34.1 Å². The van der Waals surface area contributed by atoms with Gasteiger partial charge in [0.1, 0.15) is 12.2 Å². The summed E-state index contributed by atoms with van der Waals surface area (Å²) in [5.74, 6) is -0.651. The van der Waals surface area contributed by atoms with Gasteiger partial charge >= 0.3 is 12.1 Å². The van der Waals surface area contributed by atoms with Crippen molar-refractivity contribution in [2.75, 3.05) is 20.8 Å². The minimum absolute atomic E-state index is 0.0345. The molecule has 0 saturated heterocycles. The SMILES string of the molecule is C=CCOC(=O)C1=C(C)N=C(N)N(C(=O)OC(C)(C)C)C1CCC(OC)OC. The Morgan fingerprint density at radius 2 is 1.93 bits per heavy atom. The van der Waals surface area contributed by atoms with Crippen LogP contribution in [0.2, 0.25) is 0 Å². The third-order valence-electron chi connectivity index (χ3n) is 3.91. The molecule has 1 unspecified atom stereocenters. The summed E-state index contributed by atoms with van der Waals surface area (Å²) < 4.78 is 21.1. The number of hydrogen-bond acceptors (Lipinski definition) is 8. The topological polar surface area (TPSA) is 113 Å². The number of guanidine groups is 1. The van der Waals surface area contributed by atoms with Crippen LogP contribution in [0, 0.1) is 0 Å². The van der Waals surface area contributed by atoms with Gasteiger partial charge in [-0.25, -0.2) is 19.5 Å². The highest BCUT2D eigenvalue weighted by Crippen LogP contribution is 2.28. The van der Waals surface area contributed by atoms with Crippen LogP contribution in [0.1, 0.15) is 40.5 Å². The molecule has 2 N–H and O–H groups in total. The smallest absolute Gasteiger partial charge is 0.417 e. The van der Waals surface area contributed by atoms with E-state index in [2.05, 4.69) is 11.6 Å². The van der Waals surface area contributed by atoms with Gasteiger partial charge in [-0.2, -0.15) is 0 Å². The molecule has 0 fully saturated rings. The molecular weight excluding hydrogens is 366 g/mol. The lowest BCUT2D eigenvalue weighted by Gasteiger charge is -2.36. The van der Waals surface area contributed by atoms with Gasteiger partial charge in [-0.3, -0.25) is 0 Å². The average Bonchev–Trinajstić information content (AvgIpc) is 2.58. The fraction of sp³-hybridized carbons (Fsp3) is 0.632. The second kappa shape index (κ2) is 10.2. The fourth-order valence-electron chi connectivity index (χ4n) is 2.74. The van der Waals surface area contributed by atoms with Gasteiger partial charge in [0.2, 0.25) is 5.96 Å². The average molecular weight is 397 g/mol. The molecule has 0 aromatic carbocycles. The lowest BCUT2D eigenvalue weighted by molar-refractivity contribution is -0.138. The van der Waals surface area contributed by atoms with E-state index in [0.717, 1.165) is 0 Å². The van der Waals surface area contributed by atoms with Crippen LogP contribution in [-0.4, -0.2) is 61.7 Å². The van der Waals surface area contributed by atoms with E-state index in [4.69, 9.17) is 24.7 Å². The molecule has 28 heavy (non-hydrogen) atoms. The molecule has 0 saturated carbocycles. The molecule has 0 aromatic heterocycles. The van der Waals surface area contributed by atoms with Crippen molar-refractivity contribution in [2.24, 2.45) is 10.7 Å². The summed E-state index contributed by atoms with van der Waals surface area (Å²) in [5, 5.41) is 0. The summed E-state index contributed by atoms with van der Waals surface area (Å²) >= 11 is 0. The number of aliphatic imine (C=N–C) groups is 1. The van der Waals surface area contributed by atoms with Crippen LogP contribution in [0.5, 0.6) is 0 Å². The Labute approximate surface area is 166 Å². The van der Waals surface area contributed by atoms with Gasteiger partial charge in [0.15, 0.2) is 6.29 Å². The maximum absolute atomic E-state index is 12.8. The zero-order chi connectivity index (χ0) is 21.5. The third kappa shape index (κ3) is 6.35. The molecule has 0 aliphatic carbocycles. The molecule has 1 amide bonds. The van der Waals surface area contributed by atoms with Crippen molar-refractivity contribution < 1.29 is 28.5 Å². The van der Waals surface area contributed by atoms with Crippen LogP contribution >= 0.6 is 0 Å². The lowest BCUT2D eigenvalue weighted by atomic mass is 9.97. The molecule has 0 spiro atoms. The number of ether oxygens (including phenoxy) is 4. The third-order valence-corrected chi connectivity index (χ3v) is 3.91. The predicted molar refractivity (Wildman–Crippen MR) is 104 cm³/mol. The summed E-state index contributed by atoms with van der Waals surface area (Å²) in [6.07, 6.45) is 0.965. The second-order valence-corrected chi connectivity index (χ2v) is 7.20. The predicted octanol–water partition coefficient (Wildman–Crippen LogP) is 2.32. The molecule has 1 heterocycles. The molecule has 0 aromatic rings. The van der Waals surface area contributed by atoms with Gasteiger partial charge in [-0.1, -0.05) is 12.7 Å². The highest BCUT2D eigenvalue weighted by molar-refractivity contribution is 6.00. The maximum Gasteiger partial charge on any atom is 0.417 e. The molecule has 0 bridgehead atoms. The van der Waals surface area contributed by atoms with Crippen molar-refractivity contribution in [3.63, 3.8) is 0 Å². The van der Waals surface area contributed by atoms with Gasteiger partial charge in [-0.15, -0.1) is 0 Å². The number of amides is 1. The van der Waals surface area contributed by atoms with Gasteiger partial charge in [0, 0.05) is 20.6 Å². The van der Waals surface area contributed by atoms with Crippen molar-refractivity contribution in [1.82, 2.24) is 4.90 Å². The van der Waals surface area contributed by atoms with E-state index in [1.165, 1.54) is 25.2 Å². The number of hydrogen-bond donors (Lipinski definition) is 1. The Kier molecular flexibility index (Phi) is 8.64. The van der Waals surface area contributed by atoms with Gasteiger partial charge < -0.3 is 24.7 Å². The summed E-state index contributed by atoms with van der Waals surface area (Å²) in [4.78, 5) is 30.8. The Morgan fingerprint density at radius 1 is 1.32 bits per heavy atom. The number of methoxy groups -OCH3 is 2. The Balaban J connectivity index is 3.28. The zero-order valence-electron chi connectivity index (χ0n) is 17.5. The molecule has 158 valence electrons. The number of nitrogens with two attached hydrogens (primary N) is 1. The molecule has 1 atom stereocenters. The van der Waals surface area contributed by atoms with Gasteiger partial charge in [0.05, 0.1) is 17.3 Å². The largest absolute Gasteiger partial charge is 0.458 e. The van der Waals surface area contributed by atoms with Crippen molar-refractivity contribution in [1.29, 1.82) is 0 Å². The van der Waals surface area contributed by atoms with Gasteiger partial charge in [0.25, 0.3) is 0 Å². The first-order chi connectivity index (χ1) is 13.1. The van der Waals surface area contributed by atoms with E-state index in [1.807, 2.05) is 0 Å². The van der Waals surface area contributed by atoms with Crippen LogP contribution in [0.4, 0.5) is 4.79 Å². The molecule has 9 nitrogen and oxygen atoms in total. The van der Waals surface area contributed by atoms with Crippen molar-refractivity contribution in [3.8, 4) is 0 Å². The molecule has 1 aliphatic heterocycles. The van der Waals surface area contributed by atoms with E-state index < -0.39 is 30.0 Å². The number of esters is 1. The summed E-state index contributed by atoms with van der Waals surface area (Å²) in [6, 6.07) is -0.738. The normalized spacial score (nSPS) is 17.5. The molecule has 9 heteroatoms. The highest BCUT2D eigenvalue weighted by Gasteiger charge is 2.40. The van der Waals surface area contributed by atoms with Crippen LogP contribution in [0.25, 0.3) is 0 Å². The number of carbonyl (C=O) groups is 2. The van der Waals surface area contributed by atoms with E-state index >= 15 is 0 Å². The molecule has 0 radical (unpaired) electrons. The van der Waals surface area contributed by atoms with E-state index in [1.54, 1.807) is 27.7 Å². The van der Waals surface area contributed by atoms with E-state index in [-0.39, 0.29) is 18.1 Å². The summed E-state index contributed by atoms with van der Waals surface area (Å²) in [6.45, 7) is 10.4. The lowest BCUT2D eigenvalue weighted by Crippen LogP contribution is -2.54. The number of rotatable bonds is 8. The van der Waals surface area contributed by atoms with Crippen LogP contribution in [0.3, 0.4) is 0 Å². The minimum Gasteiger partial charge on any atom is -0.458 e. The van der Waals surface area contributed by atoms with Crippen molar-refractivity contribution >= 4 is 18.0 Å². The fourth-order valence-corrected chi connectivity index (χ4v) is 2.74. The minimum atomic E-state index is -0.747. The number of allylic oxidation sites excluding steroid dienone is 1. The molecule has 1 rings (SSSR count). The van der Waals surface area contributed by atoms with Crippen LogP contribution < -0.4 is 5.73 Å².